The molecule has 0 aliphatic rings. The molecule has 0 fully saturated rings. The van der Waals surface area contributed by atoms with Crippen molar-refractivity contribution in [2.75, 3.05) is 19.8 Å². The van der Waals surface area contributed by atoms with E-state index in [0.717, 1.165) is 0 Å². The van der Waals surface area contributed by atoms with E-state index in [-0.39, 0.29) is 0 Å². The van der Waals surface area contributed by atoms with Crippen LogP contribution in [0.3, 0.4) is 0 Å². The summed E-state index contributed by atoms with van der Waals surface area (Å²) in [4.78, 5) is 0. The van der Waals surface area contributed by atoms with Gasteiger partial charge in [0.1, 0.15) is 0 Å². The molecule has 0 saturated carbocycles. The third-order valence-corrected chi connectivity index (χ3v) is 1.67. The second-order valence-corrected chi connectivity index (χ2v) is 2.29. The van der Waals surface area contributed by atoms with Crippen molar-refractivity contribution in [1.29, 1.82) is 0 Å². The van der Waals surface area contributed by atoms with Crippen molar-refractivity contribution < 1.29 is 15.3 Å². The van der Waals surface area contributed by atoms with Gasteiger partial charge < -0.3 is 0 Å². The molecule has 0 heterocycles. The molecule has 3 heteroatoms. The maximum Gasteiger partial charge on any atom is 0.0925 e. The van der Waals surface area contributed by atoms with Crippen molar-refractivity contribution in [3.8, 4) is 0 Å². The summed E-state index contributed by atoms with van der Waals surface area (Å²) >= 11 is 0. The highest BCUT2D eigenvalue weighted by atomic mass is 16.3. The van der Waals surface area contributed by atoms with Crippen LogP contribution < -0.4 is 0 Å². The summed E-state index contributed by atoms with van der Waals surface area (Å²) in [5.41, 5.74) is -1.00. The lowest BCUT2D eigenvalue weighted by atomic mass is 9.88. The van der Waals surface area contributed by atoms with E-state index in [2.05, 4.69) is 0 Å². The minimum Gasteiger partial charge on any atom is -0.236 e. The molecular weight excluding hydrogens is 120 g/mol. The Hall–Kier alpha value is -0.120. The molecule has 0 amide bonds. The topological polar surface area (TPSA) is 59.7 Å². The van der Waals surface area contributed by atoms with E-state index in [9.17, 15) is 15.3 Å². The van der Waals surface area contributed by atoms with Crippen LogP contribution in [0.5, 0.6) is 0 Å². The van der Waals surface area contributed by atoms with Gasteiger partial charge in [-0.05, 0) is 6.42 Å². The van der Waals surface area contributed by atoms with Gasteiger partial charge in [-0.3, -0.25) is 0 Å². The maximum atomic E-state index is 10.2. The van der Waals surface area contributed by atoms with Crippen LogP contribution in [0.2, 0.25) is 0 Å². The molecule has 0 unspecified atom stereocenters. The lowest BCUT2D eigenvalue weighted by Crippen LogP contribution is -2.31. The first-order valence-electron chi connectivity index (χ1n) is 2.99. The van der Waals surface area contributed by atoms with Gasteiger partial charge in [0.2, 0.25) is 0 Å². The number of hydrogen-bond donors (Lipinski definition) is 0. The molecule has 0 N–H and O–H groups in total. The van der Waals surface area contributed by atoms with Crippen LogP contribution in [0.1, 0.15) is 13.3 Å². The number of rotatable bonds is 4. The molecule has 0 spiro atoms. The molecule has 0 aromatic rings. The highest BCUT2D eigenvalue weighted by molar-refractivity contribution is 4.73. The quantitative estimate of drug-likeness (QED) is 0.538. The second-order valence-electron chi connectivity index (χ2n) is 2.29. The van der Waals surface area contributed by atoms with Crippen molar-refractivity contribution in [2.45, 2.75) is 13.3 Å². The molecule has 0 bridgehead atoms. The maximum absolute atomic E-state index is 10.2. The number of hydrogen-bond acceptors (Lipinski definition) is 0. The van der Waals surface area contributed by atoms with Crippen LogP contribution in [-0.4, -0.2) is 19.8 Å². The van der Waals surface area contributed by atoms with Gasteiger partial charge in [-0.25, -0.2) is 15.3 Å². The van der Waals surface area contributed by atoms with Crippen LogP contribution in [0, 0.1) is 5.41 Å². The van der Waals surface area contributed by atoms with Crippen molar-refractivity contribution in [2.24, 2.45) is 5.41 Å². The van der Waals surface area contributed by atoms with Gasteiger partial charge in [0.15, 0.2) is 0 Å². The highest BCUT2D eigenvalue weighted by Crippen LogP contribution is 2.19. The fourth-order valence-corrected chi connectivity index (χ4v) is 0.431. The van der Waals surface area contributed by atoms with E-state index in [1.807, 2.05) is 0 Å². The summed E-state index contributed by atoms with van der Waals surface area (Å²) < 4.78 is 0. The molecule has 53 valence electrons. The standard InChI is InChI=1S/C6H11O3/c1-2-6(3-7,4-8)5-9/h2-5H2,1H3. The Labute approximate surface area is 54.9 Å². The normalized spacial score (nSPS) is 12.0. The third kappa shape index (κ3) is 1.93. The van der Waals surface area contributed by atoms with Crippen molar-refractivity contribution in [3.05, 3.63) is 0 Å². The van der Waals surface area contributed by atoms with Gasteiger partial charge >= 0.3 is 0 Å². The Bertz CT molecular complexity index is 51.2. The molecule has 0 aliphatic carbocycles. The molecule has 0 aliphatic heterocycles. The molecular formula is C6H11O3. The molecule has 0 rings (SSSR count). The summed E-state index contributed by atoms with van der Waals surface area (Å²) in [6, 6.07) is 0. The monoisotopic (exact) mass is 131 g/mol. The molecule has 0 atom stereocenters. The summed E-state index contributed by atoms with van der Waals surface area (Å²) in [5, 5.41) is 30.7. The molecule has 3 nitrogen and oxygen atoms in total. The smallest absolute Gasteiger partial charge is 0.0925 e. The largest absolute Gasteiger partial charge is 0.236 e. The zero-order valence-electron chi connectivity index (χ0n) is 5.55. The molecule has 3 radical (unpaired) electrons. The van der Waals surface area contributed by atoms with E-state index >= 15 is 0 Å². The average molecular weight is 131 g/mol. The first kappa shape index (κ1) is 8.88. The van der Waals surface area contributed by atoms with Gasteiger partial charge in [-0.2, -0.15) is 0 Å². The van der Waals surface area contributed by atoms with Crippen LogP contribution in [0.4, 0.5) is 0 Å². The van der Waals surface area contributed by atoms with Crippen molar-refractivity contribution >= 4 is 0 Å². The lowest BCUT2D eigenvalue weighted by molar-refractivity contribution is -0.0595. The van der Waals surface area contributed by atoms with Crippen LogP contribution in [0.15, 0.2) is 0 Å². The van der Waals surface area contributed by atoms with Gasteiger partial charge in [-0.1, -0.05) is 6.92 Å². The van der Waals surface area contributed by atoms with Crippen molar-refractivity contribution in [3.63, 3.8) is 0 Å². The van der Waals surface area contributed by atoms with Crippen LogP contribution in [0.25, 0.3) is 0 Å². The van der Waals surface area contributed by atoms with Crippen LogP contribution in [-0.2, 0) is 15.3 Å². The molecule has 9 heavy (non-hydrogen) atoms. The van der Waals surface area contributed by atoms with E-state index in [4.69, 9.17) is 0 Å². The molecule has 0 aromatic carbocycles. The van der Waals surface area contributed by atoms with Gasteiger partial charge in [0.05, 0.1) is 19.8 Å². The SMILES string of the molecule is CCC(C[O])(C[O])C[O]. The molecule has 0 aromatic heterocycles. The fraction of sp³-hybridized carbons (Fsp3) is 1.00. The first-order valence-corrected chi connectivity index (χ1v) is 2.99. The van der Waals surface area contributed by atoms with E-state index in [0.29, 0.717) is 6.42 Å². The summed E-state index contributed by atoms with van der Waals surface area (Å²) in [6.45, 7) is 0.108. The van der Waals surface area contributed by atoms with E-state index in [1.54, 1.807) is 6.92 Å². The van der Waals surface area contributed by atoms with Crippen molar-refractivity contribution in [1.82, 2.24) is 0 Å². The Kier molecular flexibility index (Phi) is 3.77. The van der Waals surface area contributed by atoms with Crippen LogP contribution >= 0.6 is 0 Å². The summed E-state index contributed by atoms with van der Waals surface area (Å²) in [7, 11) is 0. The summed E-state index contributed by atoms with van der Waals surface area (Å²) in [5.74, 6) is 0. The van der Waals surface area contributed by atoms with Gasteiger partial charge in [0.25, 0.3) is 0 Å². The predicted octanol–water partition coefficient (Wildman–Crippen LogP) is 0.674. The minimum atomic E-state index is -1.00. The lowest BCUT2D eigenvalue weighted by Gasteiger charge is -2.21. The third-order valence-electron chi connectivity index (χ3n) is 1.67. The fourth-order valence-electron chi connectivity index (χ4n) is 0.431. The minimum absolute atomic E-state index is 0.406. The van der Waals surface area contributed by atoms with Gasteiger partial charge in [0, 0.05) is 5.41 Å². The Morgan fingerprint density at radius 2 is 1.33 bits per heavy atom. The van der Waals surface area contributed by atoms with Gasteiger partial charge in [-0.15, -0.1) is 0 Å². The van der Waals surface area contributed by atoms with E-state index in [1.165, 1.54) is 0 Å². The Morgan fingerprint density at radius 1 is 1.00 bits per heavy atom. The predicted molar refractivity (Wildman–Crippen MR) is 29.4 cm³/mol. The first-order chi connectivity index (χ1) is 4.24. The Morgan fingerprint density at radius 3 is 1.33 bits per heavy atom. The molecule has 0 saturated heterocycles. The zero-order chi connectivity index (χ0) is 7.33. The zero-order valence-corrected chi connectivity index (χ0v) is 5.55. The van der Waals surface area contributed by atoms with E-state index < -0.39 is 25.2 Å². The summed E-state index contributed by atoms with van der Waals surface area (Å²) in [6.07, 6.45) is 0.406. The average Bonchev–Trinajstić information content (AvgIpc) is 1.95. The highest BCUT2D eigenvalue weighted by Gasteiger charge is 2.27. The second kappa shape index (κ2) is 3.82. The Balaban J connectivity index is 3.82.